The van der Waals surface area contributed by atoms with E-state index in [1.165, 1.54) is 0 Å². The molecule has 0 saturated carbocycles. The lowest BCUT2D eigenvalue weighted by molar-refractivity contribution is -0.310. The molecule has 3 saturated heterocycles. The van der Waals surface area contributed by atoms with Gasteiger partial charge < -0.3 is 98.0 Å². The molecule has 3 heterocycles. The predicted octanol–water partition coefficient (Wildman–Crippen LogP) is -3.45. The number of aliphatic hydroxyl groups excluding tert-OH is 9. The first-order valence-electron chi connectivity index (χ1n) is 17.3. The van der Waals surface area contributed by atoms with Crippen LogP contribution in [0.1, 0.15) is 27.2 Å². The minimum atomic E-state index is -4.17. The van der Waals surface area contributed by atoms with Crippen molar-refractivity contribution in [3.63, 3.8) is 0 Å². The first kappa shape index (κ1) is 46.8. The molecule has 3 aliphatic heterocycles. The minimum absolute atomic E-state index is 0.0530. The Labute approximate surface area is 307 Å². The number of aliphatic hydroxyl groups is 9. The SMILES string of the molecule is [CH2-]P(=O)(O)OCCC(COCOC1OC(CO)C(O)C(O)C1C)(COCOC1OC(CO)C(O)C(O)C1C)COCOC1OC(CO)C(O)C(O)C1C. The standard InChI is InChI=1S/C31H58O21P/c1-16-22(35)25(38)19(7-32)50-28(16)46-13-43-10-31(5-6-49-53(4,41)42,11-44-14-47-29-17(2)23(36)26(39)20(8-33)51-29)12-45-15-48-30-18(3)24(37)27(40)21(9-34)52-30/h16-30,32-40H,4-15H2,1-3H3,(H,41,42)/q-1. The van der Waals surface area contributed by atoms with Gasteiger partial charge in [0.05, 0.1) is 64.6 Å². The van der Waals surface area contributed by atoms with Crippen molar-refractivity contribution in [2.75, 3.05) is 66.6 Å². The van der Waals surface area contributed by atoms with Crippen molar-refractivity contribution in [1.29, 1.82) is 0 Å². The number of ether oxygens (including phenoxy) is 9. The number of rotatable bonds is 22. The molecule has 3 rings (SSSR count). The lowest BCUT2D eigenvalue weighted by Crippen LogP contribution is -2.55. The van der Waals surface area contributed by atoms with Crippen molar-refractivity contribution in [2.45, 2.75) is 101 Å². The average molecular weight is 798 g/mol. The fraction of sp³-hybridized carbons (Fsp3) is 0.968. The Bertz CT molecular complexity index is 973. The van der Waals surface area contributed by atoms with Gasteiger partial charge in [-0.25, -0.2) is 6.66 Å². The van der Waals surface area contributed by atoms with Crippen LogP contribution in [0.2, 0.25) is 0 Å². The summed E-state index contributed by atoms with van der Waals surface area (Å²) in [5.41, 5.74) is -1.22. The molecule has 0 aromatic carbocycles. The summed E-state index contributed by atoms with van der Waals surface area (Å²) >= 11 is 0. The van der Waals surface area contributed by atoms with Crippen LogP contribution in [0.5, 0.6) is 0 Å². The maximum absolute atomic E-state index is 11.9. The maximum Gasteiger partial charge on any atom is 0.182 e. The fourth-order valence-corrected chi connectivity index (χ4v) is 6.48. The fourth-order valence-electron chi connectivity index (χ4n) is 6.10. The van der Waals surface area contributed by atoms with Gasteiger partial charge in [0.1, 0.15) is 57.0 Å². The molecule has 0 aromatic heterocycles. The van der Waals surface area contributed by atoms with Crippen LogP contribution in [0, 0.1) is 29.8 Å². The van der Waals surface area contributed by atoms with Crippen LogP contribution >= 0.6 is 7.60 Å². The van der Waals surface area contributed by atoms with Crippen LogP contribution in [0.25, 0.3) is 0 Å². The van der Waals surface area contributed by atoms with Gasteiger partial charge in [0.2, 0.25) is 0 Å². The van der Waals surface area contributed by atoms with Crippen LogP contribution in [0.15, 0.2) is 0 Å². The van der Waals surface area contributed by atoms with E-state index >= 15 is 0 Å². The predicted molar refractivity (Wildman–Crippen MR) is 175 cm³/mol. The molecule has 3 aliphatic rings. The second kappa shape index (κ2) is 21.8. The smallest absolute Gasteiger partial charge is 0.182 e. The van der Waals surface area contributed by atoms with Crippen molar-refractivity contribution in [3.8, 4) is 0 Å². The van der Waals surface area contributed by atoms with Crippen LogP contribution < -0.4 is 0 Å². The molecule has 10 N–H and O–H groups in total. The molecule has 314 valence electrons. The molecule has 53 heavy (non-hydrogen) atoms. The molecule has 16 atom stereocenters. The molecule has 0 aromatic rings. The zero-order chi connectivity index (χ0) is 39.5. The van der Waals surface area contributed by atoms with E-state index in [-0.39, 0.29) is 32.8 Å². The highest BCUT2D eigenvalue weighted by atomic mass is 31.2. The van der Waals surface area contributed by atoms with Gasteiger partial charge in [0.25, 0.3) is 0 Å². The lowest BCUT2D eigenvalue weighted by Gasteiger charge is -2.41. The van der Waals surface area contributed by atoms with E-state index in [0.717, 1.165) is 0 Å². The average Bonchev–Trinajstić information content (AvgIpc) is 3.12. The molecule has 0 bridgehead atoms. The van der Waals surface area contributed by atoms with Crippen LogP contribution in [-0.2, 0) is 51.7 Å². The topological polar surface area (TPSA) is 312 Å². The van der Waals surface area contributed by atoms with E-state index in [9.17, 15) is 55.4 Å². The van der Waals surface area contributed by atoms with Gasteiger partial charge in [0, 0.05) is 23.2 Å². The number of hydrogen-bond acceptors (Lipinski definition) is 20. The van der Waals surface area contributed by atoms with E-state index in [1.807, 2.05) is 0 Å². The summed E-state index contributed by atoms with van der Waals surface area (Å²) in [5.74, 6) is -2.14. The summed E-state index contributed by atoms with van der Waals surface area (Å²) in [5, 5.41) is 90.1. The zero-order valence-electron chi connectivity index (χ0n) is 30.1. The van der Waals surface area contributed by atoms with E-state index in [4.69, 9.17) is 47.2 Å². The van der Waals surface area contributed by atoms with Crippen LogP contribution in [-0.4, -0.2) is 191 Å². The third kappa shape index (κ3) is 13.2. The van der Waals surface area contributed by atoms with Crippen LogP contribution in [0.4, 0.5) is 0 Å². The van der Waals surface area contributed by atoms with Crippen molar-refractivity contribution >= 4 is 7.60 Å². The van der Waals surface area contributed by atoms with E-state index in [1.54, 1.807) is 20.8 Å². The summed E-state index contributed by atoms with van der Waals surface area (Å²) in [6.07, 6.45) is -14.4. The van der Waals surface area contributed by atoms with Gasteiger partial charge in [0.15, 0.2) is 26.5 Å². The second-order valence-electron chi connectivity index (χ2n) is 13.8. The third-order valence-corrected chi connectivity index (χ3v) is 10.2. The molecular weight excluding hydrogens is 739 g/mol. The summed E-state index contributed by atoms with van der Waals surface area (Å²) in [6, 6.07) is 0. The van der Waals surface area contributed by atoms with Crippen LogP contribution in [0.3, 0.4) is 0 Å². The van der Waals surface area contributed by atoms with E-state index < -0.39 is 145 Å². The summed E-state index contributed by atoms with van der Waals surface area (Å²) < 4.78 is 68.0. The molecule has 0 aliphatic carbocycles. The highest BCUT2D eigenvalue weighted by molar-refractivity contribution is 7.54. The quantitative estimate of drug-likeness (QED) is 0.0220. The van der Waals surface area contributed by atoms with Gasteiger partial charge in [-0.3, -0.25) is 4.57 Å². The highest BCUT2D eigenvalue weighted by Gasteiger charge is 2.45. The van der Waals surface area contributed by atoms with E-state index in [0.29, 0.717) is 0 Å². The molecule has 0 radical (unpaired) electrons. The molecule has 22 heteroatoms. The number of hydrogen-bond donors (Lipinski definition) is 10. The summed E-state index contributed by atoms with van der Waals surface area (Å²) in [7, 11) is -4.17. The normalized spacial score (nSPS) is 40.5. The van der Waals surface area contributed by atoms with Gasteiger partial charge in [-0.1, -0.05) is 20.8 Å². The Morgan fingerprint density at radius 2 is 0.887 bits per heavy atom. The summed E-state index contributed by atoms with van der Waals surface area (Å²) in [6.45, 7) is 3.70. The molecular formula is C31H58O21P-. The largest absolute Gasteiger partial charge is 0.394 e. The Balaban J connectivity index is 1.71. The van der Waals surface area contributed by atoms with Gasteiger partial charge in [-0.2, -0.15) is 0 Å². The van der Waals surface area contributed by atoms with Gasteiger partial charge >= 0.3 is 0 Å². The first-order valence-corrected chi connectivity index (χ1v) is 19.0. The third-order valence-electron chi connectivity index (χ3n) is 9.66. The lowest BCUT2D eigenvalue weighted by atomic mass is 9.87. The van der Waals surface area contributed by atoms with Crippen molar-refractivity contribution in [2.24, 2.45) is 23.2 Å². The monoisotopic (exact) mass is 797 g/mol. The Kier molecular flexibility index (Phi) is 19.3. The molecule has 0 amide bonds. The highest BCUT2D eigenvalue weighted by Crippen LogP contribution is 2.40. The Hall–Kier alpha value is -0.570. The van der Waals surface area contributed by atoms with Crippen molar-refractivity contribution < 1.29 is 103 Å². The molecule has 16 unspecified atom stereocenters. The maximum atomic E-state index is 11.9. The van der Waals surface area contributed by atoms with Crippen molar-refractivity contribution in [1.82, 2.24) is 0 Å². The second-order valence-corrected chi connectivity index (χ2v) is 15.4. The van der Waals surface area contributed by atoms with E-state index in [2.05, 4.69) is 6.66 Å². The van der Waals surface area contributed by atoms with Gasteiger partial charge in [-0.15, -0.1) is 0 Å². The first-order chi connectivity index (χ1) is 25.0. The Morgan fingerprint density at radius 1 is 0.585 bits per heavy atom. The molecule has 0 spiro atoms. The zero-order valence-corrected chi connectivity index (χ0v) is 31.0. The minimum Gasteiger partial charge on any atom is -0.394 e. The molecule has 3 fully saturated rings. The Morgan fingerprint density at radius 3 is 1.15 bits per heavy atom. The van der Waals surface area contributed by atoms with Crippen molar-refractivity contribution in [3.05, 3.63) is 6.66 Å². The summed E-state index contributed by atoms with van der Waals surface area (Å²) in [4.78, 5) is 9.67. The van der Waals surface area contributed by atoms with Gasteiger partial charge in [-0.05, 0) is 6.42 Å². The molecule has 21 nitrogen and oxygen atoms in total.